The van der Waals surface area contributed by atoms with Crippen molar-refractivity contribution in [3.05, 3.63) is 466 Å². The van der Waals surface area contributed by atoms with E-state index < -0.39 is 10.8 Å². The van der Waals surface area contributed by atoms with Crippen LogP contribution in [0, 0.1) is 0 Å². The molecule has 0 saturated heterocycles. The second-order valence-corrected chi connectivity index (χ2v) is 37.1. The molecule has 0 fully saturated rings. The Hall–Kier alpha value is -13.7. The van der Waals surface area contributed by atoms with E-state index in [1.807, 2.05) is 0 Å². The molecular weight excluding hydrogens is 1450 g/mol. The molecule has 2 atom stereocenters. The van der Waals surface area contributed by atoms with Crippen molar-refractivity contribution in [2.45, 2.75) is 101 Å². The van der Waals surface area contributed by atoms with Gasteiger partial charge in [-0.3, -0.25) is 0 Å². The highest BCUT2D eigenvalue weighted by molar-refractivity contribution is 6.03. The third-order valence-electron chi connectivity index (χ3n) is 28.4. The highest BCUT2D eigenvalue weighted by Gasteiger charge is 2.55. The summed E-state index contributed by atoms with van der Waals surface area (Å²) in [5, 5.41) is 0. The fraction of sp³-hybridized carbons (Fsp3) is 0.136. The van der Waals surface area contributed by atoms with Crippen LogP contribution in [0.1, 0.15) is 146 Å². The van der Waals surface area contributed by atoms with E-state index >= 15 is 0 Å². The Morgan fingerprint density at radius 1 is 0.217 bits per heavy atom. The molecule has 23 rings (SSSR count). The molecule has 2 spiro atoms. The quantitative estimate of drug-likeness (QED) is 0.120. The van der Waals surface area contributed by atoms with Gasteiger partial charge in [0.25, 0.3) is 0 Å². The van der Waals surface area contributed by atoms with Crippen LogP contribution in [-0.4, -0.2) is 0 Å². The SMILES string of the molecule is CC(C)(C)c1ccc2c(c1)C1(c3ccccc3-c3ccc(N(c4ccc5c(c4)C(C)(C)c4ccccc4-5)c4ccccc4-c4ccccc4)cc31)c1cc(C(C)(C)Cc3cccc(-c4ccc(N(c5ccc6c(c5)C(C)(C)c5ccccc5-6)c5ccc6c(c5)C5(c7ccccc7-6)c6ccccc6-c6c(-c7ccccc7)cccc65)cc4)c3)ccc1-2. The van der Waals surface area contributed by atoms with Crippen LogP contribution >= 0.6 is 0 Å². The van der Waals surface area contributed by atoms with Crippen molar-refractivity contribution >= 4 is 34.1 Å². The molecule has 17 aromatic carbocycles. The minimum absolute atomic E-state index is 0.0990. The van der Waals surface area contributed by atoms with Gasteiger partial charge in [0.15, 0.2) is 0 Å². The maximum Gasteiger partial charge on any atom is 0.0726 e. The number of fused-ring (bicyclic) bond motifs is 26. The smallest absolute Gasteiger partial charge is 0.0726 e. The van der Waals surface area contributed by atoms with Crippen molar-refractivity contribution in [2.75, 3.05) is 9.80 Å². The summed E-state index contributed by atoms with van der Waals surface area (Å²) in [7, 11) is 0. The third kappa shape index (κ3) is 10.3. The number of anilines is 6. The lowest BCUT2D eigenvalue weighted by Crippen LogP contribution is -2.28. The minimum Gasteiger partial charge on any atom is -0.310 e. The summed E-state index contributed by atoms with van der Waals surface area (Å²) in [4.78, 5) is 5.09. The van der Waals surface area contributed by atoms with Gasteiger partial charge in [0.2, 0.25) is 0 Å². The largest absolute Gasteiger partial charge is 0.310 e. The van der Waals surface area contributed by atoms with E-state index in [0.717, 1.165) is 40.5 Å². The second kappa shape index (κ2) is 26.2. The maximum atomic E-state index is 2.63. The number of rotatable bonds is 12. The van der Waals surface area contributed by atoms with E-state index in [0.29, 0.717) is 0 Å². The molecule has 2 unspecified atom stereocenters. The Morgan fingerprint density at radius 2 is 0.558 bits per heavy atom. The van der Waals surface area contributed by atoms with Crippen LogP contribution in [0.4, 0.5) is 34.1 Å². The highest BCUT2D eigenvalue weighted by atomic mass is 15.2. The molecule has 0 bridgehead atoms. The van der Waals surface area contributed by atoms with Crippen LogP contribution in [0.5, 0.6) is 0 Å². The highest BCUT2D eigenvalue weighted by Crippen LogP contribution is 2.68. The molecule has 0 saturated carbocycles. The number of benzene rings is 17. The van der Waals surface area contributed by atoms with Gasteiger partial charge in [0.05, 0.1) is 16.5 Å². The standard InChI is InChI=1S/C118H92N2/c1-113(2,3)79-52-60-94-95-61-53-80(68-108(95)118(107(94)67-79)102-46-25-19-40-91(102)97-65-59-85(72-110(97)118)120(111-49-27-21-36-86(111)76-31-12-10-13-32-76)84-58-63-93-89-38-17-23-44-100(89)116(8,9)106(93)70-84)114(4,5)73-74-30-28-35-78(66-74)75-50-54-81(55-51-75)119(82-56-62-92-88-37-16-22-43-99(88)115(6,7)105(92)69-82)83-57-64-96-90-39-18-24-45-101(90)117(109(96)71-83)103-47-26-20-41-98(103)112-87(42-29-48-104(112)117)77-33-14-11-15-34-77/h10-72H,73H2,1-9H3. The van der Waals surface area contributed by atoms with Gasteiger partial charge in [-0.2, -0.15) is 0 Å². The summed E-state index contributed by atoms with van der Waals surface area (Å²) in [5.74, 6) is 0. The Balaban J connectivity index is 0.632. The zero-order chi connectivity index (χ0) is 80.9. The van der Waals surface area contributed by atoms with Gasteiger partial charge in [-0.05, 0) is 262 Å². The molecule has 0 heterocycles. The molecule has 0 radical (unpaired) electrons. The Morgan fingerprint density at radius 3 is 1.08 bits per heavy atom. The van der Waals surface area contributed by atoms with E-state index in [4.69, 9.17) is 0 Å². The normalized spacial score (nSPS) is 16.3. The monoisotopic (exact) mass is 1540 g/mol. The van der Waals surface area contributed by atoms with Gasteiger partial charge in [-0.25, -0.2) is 0 Å². The van der Waals surface area contributed by atoms with Crippen LogP contribution in [0.15, 0.2) is 382 Å². The summed E-state index contributed by atoms with van der Waals surface area (Å²) in [6.07, 6.45) is 0.833. The first-order valence-electron chi connectivity index (χ1n) is 42.9. The predicted octanol–water partition coefficient (Wildman–Crippen LogP) is 30.7. The molecule has 17 aromatic rings. The van der Waals surface area contributed by atoms with Crippen LogP contribution in [-0.2, 0) is 38.9 Å². The summed E-state index contributed by atoms with van der Waals surface area (Å²) >= 11 is 0. The van der Waals surface area contributed by atoms with E-state index in [2.05, 4.69) is 454 Å². The third-order valence-corrected chi connectivity index (χ3v) is 28.4. The average Bonchev–Trinajstić information content (AvgIpc) is 1.51. The number of nitrogens with zero attached hydrogens (tertiary/aromatic N) is 2. The fourth-order valence-electron chi connectivity index (χ4n) is 22.7. The molecule has 2 heteroatoms. The van der Waals surface area contributed by atoms with Crippen molar-refractivity contribution in [3.8, 4) is 100 Å². The Labute approximate surface area is 706 Å². The molecule has 574 valence electrons. The van der Waals surface area contributed by atoms with Crippen LogP contribution in [0.3, 0.4) is 0 Å². The summed E-state index contributed by atoms with van der Waals surface area (Å²) in [6, 6.07) is 147. The van der Waals surface area contributed by atoms with Gasteiger partial charge < -0.3 is 9.80 Å². The van der Waals surface area contributed by atoms with Gasteiger partial charge in [-0.1, -0.05) is 378 Å². The minimum atomic E-state index is -0.646. The van der Waals surface area contributed by atoms with Crippen LogP contribution in [0.25, 0.3) is 100 Å². The maximum absolute atomic E-state index is 2.63. The molecule has 120 heavy (non-hydrogen) atoms. The molecule has 0 aromatic heterocycles. The molecular formula is C118H92N2. The molecule has 0 amide bonds. The van der Waals surface area contributed by atoms with Crippen LogP contribution < -0.4 is 9.80 Å². The zero-order valence-electron chi connectivity index (χ0n) is 69.5. The number of hydrogen-bond acceptors (Lipinski definition) is 2. The van der Waals surface area contributed by atoms with Crippen molar-refractivity contribution in [1.29, 1.82) is 0 Å². The second-order valence-electron chi connectivity index (χ2n) is 37.1. The Kier molecular flexibility index (Phi) is 15.6. The number of para-hydroxylation sites is 1. The van der Waals surface area contributed by atoms with Crippen molar-refractivity contribution in [3.63, 3.8) is 0 Å². The summed E-state index contributed by atoms with van der Waals surface area (Å²) in [5.41, 5.74) is 47.6. The summed E-state index contributed by atoms with van der Waals surface area (Å²) in [6.45, 7) is 21.6. The Bertz CT molecular complexity index is 7140. The zero-order valence-corrected chi connectivity index (χ0v) is 69.5. The summed E-state index contributed by atoms with van der Waals surface area (Å²) < 4.78 is 0. The molecule has 0 N–H and O–H groups in total. The first kappa shape index (κ1) is 71.6. The average molecular weight is 1540 g/mol. The molecule has 0 aliphatic heterocycles. The number of hydrogen-bond donors (Lipinski definition) is 0. The first-order chi connectivity index (χ1) is 58.4. The van der Waals surface area contributed by atoms with Crippen molar-refractivity contribution in [2.24, 2.45) is 0 Å². The van der Waals surface area contributed by atoms with E-state index in [1.54, 1.807) is 0 Å². The van der Waals surface area contributed by atoms with Gasteiger partial charge in [0, 0.05) is 44.8 Å². The lowest BCUT2D eigenvalue weighted by molar-refractivity contribution is 0.521. The van der Waals surface area contributed by atoms with Crippen molar-refractivity contribution < 1.29 is 0 Å². The fourth-order valence-corrected chi connectivity index (χ4v) is 22.7. The van der Waals surface area contributed by atoms with Gasteiger partial charge in [0.1, 0.15) is 0 Å². The predicted molar refractivity (Wildman–Crippen MR) is 502 cm³/mol. The molecule has 6 aliphatic rings. The van der Waals surface area contributed by atoms with Gasteiger partial charge >= 0.3 is 0 Å². The topological polar surface area (TPSA) is 6.48 Å². The van der Waals surface area contributed by atoms with E-state index in [-0.39, 0.29) is 21.7 Å². The van der Waals surface area contributed by atoms with Gasteiger partial charge in [-0.15, -0.1) is 0 Å². The van der Waals surface area contributed by atoms with Crippen molar-refractivity contribution in [1.82, 2.24) is 0 Å². The molecule has 6 aliphatic carbocycles. The lowest BCUT2D eigenvalue weighted by Gasteiger charge is -2.34. The first-order valence-corrected chi connectivity index (χ1v) is 42.9. The molecule has 2 nitrogen and oxygen atoms in total. The lowest BCUT2D eigenvalue weighted by atomic mass is 9.68. The van der Waals surface area contributed by atoms with Crippen LogP contribution in [0.2, 0.25) is 0 Å². The van der Waals surface area contributed by atoms with E-state index in [1.165, 1.54) is 184 Å². The van der Waals surface area contributed by atoms with E-state index in [9.17, 15) is 0 Å².